The number of amides is 1. The molecule has 0 aromatic carbocycles. The van der Waals surface area contributed by atoms with E-state index in [4.69, 9.17) is 4.74 Å². The summed E-state index contributed by atoms with van der Waals surface area (Å²) in [6.07, 6.45) is 8.29. The van der Waals surface area contributed by atoms with Crippen LogP contribution in [0.25, 0.3) is 0 Å². The van der Waals surface area contributed by atoms with Crippen molar-refractivity contribution in [3.63, 3.8) is 0 Å². The molecule has 19 heavy (non-hydrogen) atoms. The van der Waals surface area contributed by atoms with Gasteiger partial charge in [-0.1, -0.05) is 26.7 Å². The maximum atomic E-state index is 12.0. The molecule has 0 aromatic heterocycles. The summed E-state index contributed by atoms with van der Waals surface area (Å²) >= 11 is 0. The summed E-state index contributed by atoms with van der Waals surface area (Å²) in [6.45, 7) is 8.38. The highest BCUT2D eigenvalue weighted by atomic mass is 16.5. The molecule has 0 saturated heterocycles. The van der Waals surface area contributed by atoms with Crippen molar-refractivity contribution in [1.29, 1.82) is 0 Å². The molecule has 1 unspecified atom stereocenters. The van der Waals surface area contributed by atoms with Crippen LogP contribution < -0.4 is 5.32 Å². The zero-order chi connectivity index (χ0) is 14.3. The van der Waals surface area contributed by atoms with Gasteiger partial charge in [-0.25, -0.2) is 0 Å². The molecule has 0 aliphatic heterocycles. The molecule has 0 spiro atoms. The van der Waals surface area contributed by atoms with Gasteiger partial charge < -0.3 is 10.1 Å². The lowest BCUT2D eigenvalue weighted by Gasteiger charge is -2.31. The summed E-state index contributed by atoms with van der Waals surface area (Å²) in [5.74, 6) is 0.395. The van der Waals surface area contributed by atoms with Crippen LogP contribution >= 0.6 is 0 Å². The van der Waals surface area contributed by atoms with Crippen LogP contribution in [0.4, 0.5) is 0 Å². The topological polar surface area (TPSA) is 38.3 Å². The Kier molecular flexibility index (Phi) is 7.44. The summed E-state index contributed by atoms with van der Waals surface area (Å²) in [5.41, 5.74) is 0. The van der Waals surface area contributed by atoms with Crippen LogP contribution in [0, 0.1) is 5.92 Å². The first-order valence-corrected chi connectivity index (χ1v) is 7.98. The van der Waals surface area contributed by atoms with Gasteiger partial charge in [0.2, 0.25) is 5.91 Å². The van der Waals surface area contributed by atoms with Crippen LogP contribution in [0.2, 0.25) is 0 Å². The first-order valence-electron chi connectivity index (χ1n) is 7.98. The molecule has 1 fully saturated rings. The Morgan fingerprint density at radius 2 is 1.84 bits per heavy atom. The van der Waals surface area contributed by atoms with E-state index < -0.39 is 0 Å². The summed E-state index contributed by atoms with van der Waals surface area (Å²) in [7, 11) is 0. The van der Waals surface area contributed by atoms with Crippen molar-refractivity contribution < 1.29 is 9.53 Å². The SMILES string of the molecule is CCCCC(C)C(=O)NC1CCC(OC(C)C)CC1. The lowest BCUT2D eigenvalue weighted by atomic mass is 9.92. The van der Waals surface area contributed by atoms with Crippen molar-refractivity contribution in [2.45, 2.75) is 90.9 Å². The molecule has 0 heterocycles. The zero-order valence-corrected chi connectivity index (χ0v) is 13.1. The number of nitrogens with one attached hydrogen (secondary N) is 1. The third kappa shape index (κ3) is 6.42. The molecule has 1 atom stereocenters. The number of hydrogen-bond donors (Lipinski definition) is 1. The van der Waals surface area contributed by atoms with Crippen molar-refractivity contribution in [2.24, 2.45) is 5.92 Å². The summed E-state index contributed by atoms with van der Waals surface area (Å²) in [5, 5.41) is 3.21. The van der Waals surface area contributed by atoms with E-state index in [2.05, 4.69) is 26.1 Å². The molecule has 3 heteroatoms. The van der Waals surface area contributed by atoms with E-state index in [-0.39, 0.29) is 11.8 Å². The molecular weight excluding hydrogens is 238 g/mol. The third-order valence-corrected chi connectivity index (χ3v) is 3.92. The van der Waals surface area contributed by atoms with E-state index in [1.807, 2.05) is 6.92 Å². The largest absolute Gasteiger partial charge is 0.376 e. The smallest absolute Gasteiger partial charge is 0.223 e. The fraction of sp³-hybridized carbons (Fsp3) is 0.938. The van der Waals surface area contributed by atoms with Gasteiger partial charge in [0.1, 0.15) is 0 Å². The summed E-state index contributed by atoms with van der Waals surface area (Å²) < 4.78 is 5.83. The van der Waals surface area contributed by atoms with Gasteiger partial charge in [0.05, 0.1) is 12.2 Å². The first kappa shape index (κ1) is 16.5. The van der Waals surface area contributed by atoms with Crippen molar-refractivity contribution in [3.8, 4) is 0 Å². The van der Waals surface area contributed by atoms with E-state index in [1.54, 1.807) is 0 Å². The van der Waals surface area contributed by atoms with Gasteiger partial charge in [0.15, 0.2) is 0 Å². The summed E-state index contributed by atoms with van der Waals surface area (Å²) in [6, 6.07) is 0.364. The summed E-state index contributed by atoms with van der Waals surface area (Å²) in [4.78, 5) is 12.0. The maximum Gasteiger partial charge on any atom is 0.223 e. The number of ether oxygens (including phenoxy) is 1. The van der Waals surface area contributed by atoms with E-state index in [0.29, 0.717) is 18.2 Å². The fourth-order valence-corrected chi connectivity index (χ4v) is 2.71. The Morgan fingerprint density at radius 3 is 2.37 bits per heavy atom. The van der Waals surface area contributed by atoms with Gasteiger partial charge in [-0.3, -0.25) is 4.79 Å². The lowest BCUT2D eigenvalue weighted by molar-refractivity contribution is -0.126. The van der Waals surface area contributed by atoms with Crippen LogP contribution in [0.1, 0.15) is 72.6 Å². The molecule has 1 N–H and O–H groups in total. The second-order valence-electron chi connectivity index (χ2n) is 6.21. The quantitative estimate of drug-likeness (QED) is 0.766. The molecule has 3 nitrogen and oxygen atoms in total. The van der Waals surface area contributed by atoms with Gasteiger partial charge in [-0.2, -0.15) is 0 Å². The van der Waals surface area contributed by atoms with Gasteiger partial charge in [0, 0.05) is 12.0 Å². The highest BCUT2D eigenvalue weighted by Crippen LogP contribution is 2.22. The fourth-order valence-electron chi connectivity index (χ4n) is 2.71. The average Bonchev–Trinajstić information content (AvgIpc) is 2.37. The molecule has 0 bridgehead atoms. The highest BCUT2D eigenvalue weighted by Gasteiger charge is 2.24. The van der Waals surface area contributed by atoms with E-state index in [0.717, 1.165) is 44.9 Å². The number of rotatable bonds is 7. The maximum absolute atomic E-state index is 12.0. The standard InChI is InChI=1S/C16H31NO2/c1-5-6-7-13(4)16(18)17-14-8-10-15(11-9-14)19-12(2)3/h12-15H,5-11H2,1-4H3,(H,17,18). The van der Waals surface area contributed by atoms with E-state index in [1.165, 1.54) is 0 Å². The molecule has 1 saturated carbocycles. The number of hydrogen-bond acceptors (Lipinski definition) is 2. The Balaban J connectivity index is 2.23. The minimum Gasteiger partial charge on any atom is -0.376 e. The molecule has 0 aromatic rings. The monoisotopic (exact) mass is 269 g/mol. The first-order chi connectivity index (χ1) is 9.02. The second kappa shape index (κ2) is 8.57. The third-order valence-electron chi connectivity index (χ3n) is 3.92. The molecule has 1 amide bonds. The van der Waals surface area contributed by atoms with Gasteiger partial charge in [0.25, 0.3) is 0 Å². The normalized spacial score (nSPS) is 25.3. The average molecular weight is 269 g/mol. The Bertz CT molecular complexity index is 257. The van der Waals surface area contributed by atoms with E-state index >= 15 is 0 Å². The number of carbonyl (C=O) groups excluding carboxylic acids is 1. The predicted molar refractivity (Wildman–Crippen MR) is 79.1 cm³/mol. The van der Waals surface area contributed by atoms with Gasteiger partial charge >= 0.3 is 0 Å². The highest BCUT2D eigenvalue weighted by molar-refractivity contribution is 5.78. The molecule has 1 aliphatic rings. The predicted octanol–water partition coefficient (Wildman–Crippen LogP) is 3.67. The minimum absolute atomic E-state index is 0.157. The van der Waals surface area contributed by atoms with Crippen molar-refractivity contribution in [2.75, 3.05) is 0 Å². The molecular formula is C16H31NO2. The van der Waals surface area contributed by atoms with Crippen LogP contribution in [0.15, 0.2) is 0 Å². The number of carbonyl (C=O) groups is 1. The molecule has 0 radical (unpaired) electrons. The van der Waals surface area contributed by atoms with Crippen molar-refractivity contribution in [1.82, 2.24) is 5.32 Å². The second-order valence-corrected chi connectivity index (χ2v) is 6.21. The zero-order valence-electron chi connectivity index (χ0n) is 13.1. The van der Waals surface area contributed by atoms with Crippen LogP contribution in [0.3, 0.4) is 0 Å². The number of unbranched alkanes of at least 4 members (excludes halogenated alkanes) is 1. The van der Waals surface area contributed by atoms with Crippen molar-refractivity contribution >= 4 is 5.91 Å². The minimum atomic E-state index is 0.157. The Hall–Kier alpha value is -0.570. The Morgan fingerprint density at radius 1 is 1.21 bits per heavy atom. The molecule has 1 rings (SSSR count). The van der Waals surface area contributed by atoms with Crippen molar-refractivity contribution in [3.05, 3.63) is 0 Å². The van der Waals surface area contributed by atoms with Gasteiger partial charge in [-0.05, 0) is 46.0 Å². The molecule has 112 valence electrons. The Labute approximate surface area is 118 Å². The van der Waals surface area contributed by atoms with Gasteiger partial charge in [-0.15, -0.1) is 0 Å². The van der Waals surface area contributed by atoms with Crippen LogP contribution in [0.5, 0.6) is 0 Å². The molecule has 1 aliphatic carbocycles. The van der Waals surface area contributed by atoms with Crippen LogP contribution in [-0.4, -0.2) is 24.2 Å². The van der Waals surface area contributed by atoms with E-state index in [9.17, 15) is 4.79 Å². The van der Waals surface area contributed by atoms with Crippen LogP contribution in [-0.2, 0) is 9.53 Å². The lowest BCUT2D eigenvalue weighted by Crippen LogP contribution is -2.41.